The number of rotatable bonds is 7. The lowest BCUT2D eigenvalue weighted by Crippen LogP contribution is -2.40. The highest BCUT2D eigenvalue weighted by molar-refractivity contribution is 5.77. The zero-order valence-electron chi connectivity index (χ0n) is 19.0. The molecule has 0 unspecified atom stereocenters. The number of hydrogen-bond donors (Lipinski definition) is 1. The molecule has 33 heavy (non-hydrogen) atoms. The molecule has 1 aliphatic rings. The first-order valence-electron chi connectivity index (χ1n) is 11.2. The number of likely N-dealkylation sites (tertiary alicyclic amines) is 1. The molecule has 0 saturated carbocycles. The van der Waals surface area contributed by atoms with E-state index in [0.717, 1.165) is 42.1 Å². The third-order valence-corrected chi connectivity index (χ3v) is 5.90. The number of piperidine rings is 1. The summed E-state index contributed by atoms with van der Waals surface area (Å²) in [6, 6.07) is 12.2. The van der Waals surface area contributed by atoms with Crippen LogP contribution < -0.4 is 10.2 Å². The minimum atomic E-state index is -0.275. The van der Waals surface area contributed by atoms with Gasteiger partial charge in [0, 0.05) is 74.2 Å². The fourth-order valence-electron chi connectivity index (χ4n) is 4.18. The molecule has 0 bridgehead atoms. The van der Waals surface area contributed by atoms with Crippen LogP contribution in [-0.4, -0.2) is 52.4 Å². The average Bonchev–Trinajstić information content (AvgIpc) is 2.82. The lowest BCUT2D eigenvalue weighted by Gasteiger charge is -2.33. The number of nitrogens with one attached hydrogen (secondary N) is 1. The Morgan fingerprint density at radius 1 is 1.21 bits per heavy atom. The van der Waals surface area contributed by atoms with Crippen LogP contribution in [0.1, 0.15) is 36.6 Å². The molecule has 0 aliphatic carbocycles. The van der Waals surface area contributed by atoms with Crippen molar-refractivity contribution in [1.29, 1.82) is 0 Å². The molecule has 1 fully saturated rings. The van der Waals surface area contributed by atoms with Crippen LogP contribution in [0.25, 0.3) is 0 Å². The molecule has 1 aromatic carbocycles. The number of aryl methyl sites for hydroxylation is 1. The van der Waals surface area contributed by atoms with Gasteiger partial charge in [-0.05, 0) is 56.2 Å². The second-order valence-electron chi connectivity index (χ2n) is 8.45. The number of aromatic nitrogens is 3. The Kier molecular flexibility index (Phi) is 7.12. The molecule has 2 aromatic heterocycles. The molecule has 1 amide bonds. The minimum Gasteiger partial charge on any atom is -0.374 e. The van der Waals surface area contributed by atoms with E-state index in [4.69, 9.17) is 4.98 Å². The standard InChI is InChI=1S/C25H29FN6O/c1-18-14-21(30-25-27-10-5-11-28-25)16-23(29-18)19-6-4-12-32(17-19)24(33)9-13-31(2)22-8-3-7-20(26)15-22/h3,5,7-8,10-11,14-16,19H,4,6,9,12-13,17H2,1-2H3,(H,27,28,29,30)/t19-/m0/s1. The Morgan fingerprint density at radius 3 is 2.82 bits per heavy atom. The highest BCUT2D eigenvalue weighted by atomic mass is 19.1. The van der Waals surface area contributed by atoms with Gasteiger partial charge in [-0.25, -0.2) is 14.4 Å². The smallest absolute Gasteiger partial charge is 0.227 e. The topological polar surface area (TPSA) is 74.2 Å². The summed E-state index contributed by atoms with van der Waals surface area (Å²) in [7, 11) is 1.88. The summed E-state index contributed by atoms with van der Waals surface area (Å²) >= 11 is 0. The Bertz CT molecular complexity index is 1090. The number of carbonyl (C=O) groups excluding carboxylic acids is 1. The molecule has 1 aliphatic heterocycles. The van der Waals surface area contributed by atoms with Crippen LogP contribution in [0.5, 0.6) is 0 Å². The minimum absolute atomic E-state index is 0.117. The number of benzene rings is 1. The van der Waals surface area contributed by atoms with E-state index in [1.54, 1.807) is 24.5 Å². The van der Waals surface area contributed by atoms with Gasteiger partial charge < -0.3 is 15.1 Å². The van der Waals surface area contributed by atoms with E-state index >= 15 is 0 Å². The quantitative estimate of drug-likeness (QED) is 0.581. The zero-order chi connectivity index (χ0) is 23.2. The summed E-state index contributed by atoms with van der Waals surface area (Å²) < 4.78 is 13.5. The second-order valence-corrected chi connectivity index (χ2v) is 8.45. The Labute approximate surface area is 193 Å². The van der Waals surface area contributed by atoms with Gasteiger partial charge in [-0.1, -0.05) is 6.07 Å². The van der Waals surface area contributed by atoms with Gasteiger partial charge in [-0.2, -0.15) is 0 Å². The summed E-state index contributed by atoms with van der Waals surface area (Å²) in [6.07, 6.45) is 5.71. The molecule has 7 nitrogen and oxygen atoms in total. The highest BCUT2D eigenvalue weighted by Crippen LogP contribution is 2.29. The molecule has 3 aromatic rings. The van der Waals surface area contributed by atoms with Gasteiger partial charge in [-0.3, -0.25) is 9.78 Å². The molecule has 0 radical (unpaired) electrons. The zero-order valence-corrected chi connectivity index (χ0v) is 19.0. The number of amides is 1. The first-order chi connectivity index (χ1) is 16.0. The van der Waals surface area contributed by atoms with Crippen LogP contribution >= 0.6 is 0 Å². The molecule has 1 N–H and O–H groups in total. The lowest BCUT2D eigenvalue weighted by molar-refractivity contribution is -0.132. The lowest BCUT2D eigenvalue weighted by atomic mass is 9.93. The van der Waals surface area contributed by atoms with Gasteiger partial charge >= 0.3 is 0 Å². The number of hydrogen-bond acceptors (Lipinski definition) is 6. The van der Waals surface area contributed by atoms with E-state index in [2.05, 4.69) is 15.3 Å². The predicted octanol–water partition coefficient (Wildman–Crippen LogP) is 4.30. The molecule has 1 atom stereocenters. The second kappa shape index (κ2) is 10.4. The molecular formula is C25H29FN6O. The van der Waals surface area contributed by atoms with Gasteiger partial charge in [0.15, 0.2) is 0 Å². The molecular weight excluding hydrogens is 419 g/mol. The number of anilines is 3. The van der Waals surface area contributed by atoms with E-state index in [0.29, 0.717) is 25.5 Å². The Morgan fingerprint density at radius 2 is 2.03 bits per heavy atom. The van der Waals surface area contributed by atoms with Crippen molar-refractivity contribution < 1.29 is 9.18 Å². The molecule has 1 saturated heterocycles. The predicted molar refractivity (Wildman–Crippen MR) is 127 cm³/mol. The van der Waals surface area contributed by atoms with Crippen LogP contribution in [-0.2, 0) is 4.79 Å². The molecule has 0 spiro atoms. The third-order valence-electron chi connectivity index (χ3n) is 5.90. The highest BCUT2D eigenvalue weighted by Gasteiger charge is 2.26. The van der Waals surface area contributed by atoms with E-state index in [-0.39, 0.29) is 17.6 Å². The average molecular weight is 449 g/mol. The van der Waals surface area contributed by atoms with Crippen LogP contribution in [0, 0.1) is 12.7 Å². The molecule has 4 rings (SSSR count). The van der Waals surface area contributed by atoms with Crippen molar-refractivity contribution in [2.45, 2.75) is 32.1 Å². The van der Waals surface area contributed by atoms with Crippen molar-refractivity contribution in [1.82, 2.24) is 19.9 Å². The van der Waals surface area contributed by atoms with Crippen molar-refractivity contribution in [3.8, 4) is 0 Å². The first-order valence-corrected chi connectivity index (χ1v) is 11.2. The van der Waals surface area contributed by atoms with Crippen LogP contribution in [0.3, 0.4) is 0 Å². The van der Waals surface area contributed by atoms with Crippen LogP contribution in [0.4, 0.5) is 21.7 Å². The summed E-state index contributed by atoms with van der Waals surface area (Å²) in [6.45, 7) is 3.92. The summed E-state index contributed by atoms with van der Waals surface area (Å²) in [5, 5.41) is 3.24. The third kappa shape index (κ3) is 6.03. The Hall–Kier alpha value is -3.55. The summed E-state index contributed by atoms with van der Waals surface area (Å²) in [5.74, 6) is 0.562. The fraction of sp³-hybridized carbons (Fsp3) is 0.360. The van der Waals surface area contributed by atoms with Crippen molar-refractivity contribution >= 4 is 23.2 Å². The van der Waals surface area contributed by atoms with Crippen molar-refractivity contribution in [3.63, 3.8) is 0 Å². The van der Waals surface area contributed by atoms with Crippen molar-refractivity contribution in [2.75, 3.05) is 36.9 Å². The van der Waals surface area contributed by atoms with Gasteiger partial charge in [-0.15, -0.1) is 0 Å². The maximum atomic E-state index is 13.5. The maximum absolute atomic E-state index is 13.5. The molecule has 8 heteroatoms. The number of halogens is 1. The summed E-state index contributed by atoms with van der Waals surface area (Å²) in [4.78, 5) is 30.0. The normalized spacial score (nSPS) is 15.8. The van der Waals surface area contributed by atoms with Crippen molar-refractivity contribution in [3.05, 3.63) is 72.1 Å². The van der Waals surface area contributed by atoms with E-state index in [1.165, 1.54) is 12.1 Å². The van der Waals surface area contributed by atoms with Crippen molar-refractivity contribution in [2.24, 2.45) is 0 Å². The number of nitrogens with zero attached hydrogens (tertiary/aromatic N) is 5. The van der Waals surface area contributed by atoms with Gasteiger partial charge in [0.2, 0.25) is 11.9 Å². The van der Waals surface area contributed by atoms with Crippen LogP contribution in [0.2, 0.25) is 0 Å². The largest absolute Gasteiger partial charge is 0.374 e. The van der Waals surface area contributed by atoms with E-state index in [9.17, 15) is 9.18 Å². The number of pyridine rings is 1. The fourth-order valence-corrected chi connectivity index (χ4v) is 4.18. The maximum Gasteiger partial charge on any atom is 0.227 e. The van der Waals surface area contributed by atoms with Crippen LogP contribution in [0.15, 0.2) is 54.9 Å². The van der Waals surface area contributed by atoms with Gasteiger partial charge in [0.25, 0.3) is 0 Å². The van der Waals surface area contributed by atoms with Gasteiger partial charge in [0.1, 0.15) is 5.82 Å². The first kappa shape index (κ1) is 22.6. The van der Waals surface area contributed by atoms with E-state index in [1.807, 2.05) is 42.0 Å². The Balaban J connectivity index is 1.38. The SMILES string of the molecule is Cc1cc(Nc2ncccn2)cc([C@H]2CCCN(C(=O)CCN(C)c3cccc(F)c3)C2)n1. The van der Waals surface area contributed by atoms with E-state index < -0.39 is 0 Å². The number of carbonyl (C=O) groups is 1. The molecule has 172 valence electrons. The summed E-state index contributed by atoms with van der Waals surface area (Å²) in [5.41, 5.74) is 3.54. The monoisotopic (exact) mass is 448 g/mol. The van der Waals surface area contributed by atoms with Gasteiger partial charge in [0.05, 0.1) is 0 Å². The molecule has 3 heterocycles.